The maximum atomic E-state index is 12.6. The maximum Gasteiger partial charge on any atom is 0.224 e. The van der Waals surface area contributed by atoms with E-state index in [1.807, 2.05) is 36.1 Å². The van der Waals surface area contributed by atoms with Crippen molar-refractivity contribution in [3.8, 4) is 0 Å². The molecule has 2 heterocycles. The molecule has 30 heavy (non-hydrogen) atoms. The minimum atomic E-state index is -0.336. The van der Waals surface area contributed by atoms with Gasteiger partial charge < -0.3 is 20.1 Å². The predicted octanol–water partition coefficient (Wildman–Crippen LogP) is 3.82. The molecule has 0 aliphatic carbocycles. The van der Waals surface area contributed by atoms with Gasteiger partial charge >= 0.3 is 0 Å². The van der Waals surface area contributed by atoms with E-state index < -0.39 is 0 Å². The number of hydrogen-bond donors (Lipinski definition) is 2. The molecule has 1 atom stereocenters. The fourth-order valence-electron chi connectivity index (χ4n) is 3.42. The summed E-state index contributed by atoms with van der Waals surface area (Å²) in [6.07, 6.45) is 4.19. The molecule has 0 saturated heterocycles. The van der Waals surface area contributed by atoms with E-state index in [-0.39, 0.29) is 24.0 Å². The molecular weight excluding hydrogens is 378 g/mol. The lowest BCUT2D eigenvalue weighted by Gasteiger charge is -2.21. The molecule has 2 aromatic rings. The average Bonchev–Trinajstić information content (AvgIpc) is 3.13. The number of benzene rings is 1. The molecule has 1 aromatic carbocycles. The van der Waals surface area contributed by atoms with Crippen LogP contribution in [-0.4, -0.2) is 29.3 Å². The van der Waals surface area contributed by atoms with Crippen LogP contribution in [0.2, 0.25) is 0 Å². The number of carbonyl (C=O) groups excluding carboxylic acids is 1. The van der Waals surface area contributed by atoms with Crippen LogP contribution in [-0.2, 0) is 21.4 Å². The number of allylic oxidation sites excluding steroid dienone is 1. The van der Waals surface area contributed by atoms with Crippen LogP contribution in [0.5, 0.6) is 0 Å². The molecule has 6 nitrogen and oxygen atoms in total. The summed E-state index contributed by atoms with van der Waals surface area (Å²) in [4.78, 5) is 19.2. The van der Waals surface area contributed by atoms with E-state index in [9.17, 15) is 9.90 Å². The second kappa shape index (κ2) is 9.30. The highest BCUT2D eigenvalue weighted by molar-refractivity contribution is 5.79. The van der Waals surface area contributed by atoms with Crippen LogP contribution >= 0.6 is 0 Å². The lowest BCUT2D eigenvalue weighted by Crippen LogP contribution is -2.31. The van der Waals surface area contributed by atoms with Crippen molar-refractivity contribution in [3.05, 3.63) is 71.4 Å². The third kappa shape index (κ3) is 5.39. The number of pyridine rings is 1. The van der Waals surface area contributed by atoms with E-state index in [2.05, 4.69) is 43.2 Å². The van der Waals surface area contributed by atoms with Crippen LogP contribution in [0.1, 0.15) is 57.0 Å². The largest absolute Gasteiger partial charge is 0.479 e. The summed E-state index contributed by atoms with van der Waals surface area (Å²) in [6, 6.07) is 11.7. The lowest BCUT2D eigenvalue weighted by molar-refractivity contribution is -0.121. The number of carbonyl (C=O) groups is 1. The van der Waals surface area contributed by atoms with E-state index >= 15 is 0 Å². The molecule has 1 aliphatic rings. The average molecular weight is 410 g/mol. The van der Waals surface area contributed by atoms with Crippen molar-refractivity contribution in [3.63, 3.8) is 0 Å². The number of ether oxygens (including phenoxy) is 1. The monoisotopic (exact) mass is 409 g/mol. The molecule has 0 bridgehead atoms. The van der Waals surface area contributed by atoms with Gasteiger partial charge in [0.2, 0.25) is 5.91 Å². The first kappa shape index (κ1) is 21.8. The summed E-state index contributed by atoms with van der Waals surface area (Å²) in [6.45, 7) is 8.92. The van der Waals surface area contributed by atoms with Gasteiger partial charge in [0.05, 0.1) is 35.7 Å². The van der Waals surface area contributed by atoms with Gasteiger partial charge in [0, 0.05) is 6.61 Å². The number of aliphatic hydroxyl groups is 1. The first-order valence-corrected chi connectivity index (χ1v) is 10.3. The quantitative estimate of drug-likeness (QED) is 0.727. The molecule has 0 fully saturated rings. The second-order valence-electron chi connectivity index (χ2n) is 8.68. The Morgan fingerprint density at radius 1 is 1.23 bits per heavy atom. The number of aliphatic hydroxyl groups excluding tert-OH is 1. The SMILES string of the molecule is CC1=COCN1c1ccc([C@@H](CCO)NC(=O)Cc2ccc(C(C)(C)C)cc2)nc1. The summed E-state index contributed by atoms with van der Waals surface area (Å²) in [5, 5.41) is 12.5. The Labute approximate surface area is 178 Å². The van der Waals surface area contributed by atoms with Crippen molar-refractivity contribution < 1.29 is 14.6 Å². The van der Waals surface area contributed by atoms with E-state index in [1.54, 1.807) is 12.5 Å². The third-order valence-electron chi connectivity index (χ3n) is 5.26. The van der Waals surface area contributed by atoms with Crippen molar-refractivity contribution >= 4 is 11.6 Å². The Kier molecular flexibility index (Phi) is 6.77. The molecule has 0 saturated carbocycles. The molecule has 2 N–H and O–H groups in total. The molecule has 1 amide bonds. The van der Waals surface area contributed by atoms with Crippen molar-refractivity contribution in [1.82, 2.24) is 10.3 Å². The summed E-state index contributed by atoms with van der Waals surface area (Å²) < 4.78 is 5.32. The Bertz CT molecular complexity index is 883. The van der Waals surface area contributed by atoms with Gasteiger partial charge in [0.1, 0.15) is 6.26 Å². The predicted molar refractivity (Wildman–Crippen MR) is 118 cm³/mol. The minimum Gasteiger partial charge on any atom is -0.479 e. The Morgan fingerprint density at radius 3 is 2.50 bits per heavy atom. The maximum absolute atomic E-state index is 12.6. The van der Waals surface area contributed by atoms with Crippen LogP contribution < -0.4 is 10.2 Å². The van der Waals surface area contributed by atoms with Crippen molar-refractivity contribution in [1.29, 1.82) is 0 Å². The number of amides is 1. The zero-order valence-electron chi connectivity index (χ0n) is 18.2. The topological polar surface area (TPSA) is 74.7 Å². The lowest BCUT2D eigenvalue weighted by atomic mass is 9.86. The van der Waals surface area contributed by atoms with Crippen LogP contribution in [0.25, 0.3) is 0 Å². The first-order chi connectivity index (χ1) is 14.3. The zero-order chi connectivity index (χ0) is 21.7. The number of anilines is 1. The number of nitrogens with zero attached hydrogens (tertiary/aromatic N) is 2. The van der Waals surface area contributed by atoms with Crippen molar-refractivity contribution in [2.75, 3.05) is 18.2 Å². The number of hydrogen-bond acceptors (Lipinski definition) is 5. The van der Waals surface area contributed by atoms with Crippen LogP contribution in [0, 0.1) is 0 Å². The molecule has 1 aliphatic heterocycles. The fraction of sp³-hybridized carbons (Fsp3) is 0.417. The van der Waals surface area contributed by atoms with Gasteiger partial charge in [-0.1, -0.05) is 45.0 Å². The Morgan fingerprint density at radius 2 is 1.97 bits per heavy atom. The highest BCUT2D eigenvalue weighted by Crippen LogP contribution is 2.25. The fourth-order valence-corrected chi connectivity index (χ4v) is 3.42. The summed E-state index contributed by atoms with van der Waals surface area (Å²) in [7, 11) is 0. The number of nitrogens with one attached hydrogen (secondary N) is 1. The third-order valence-corrected chi connectivity index (χ3v) is 5.26. The first-order valence-electron chi connectivity index (χ1n) is 10.3. The summed E-state index contributed by atoms with van der Waals surface area (Å²) in [5.74, 6) is -0.0884. The zero-order valence-corrected chi connectivity index (χ0v) is 18.2. The summed E-state index contributed by atoms with van der Waals surface area (Å²) >= 11 is 0. The van der Waals surface area contributed by atoms with E-state index in [1.165, 1.54) is 5.56 Å². The molecule has 0 radical (unpaired) electrons. The summed E-state index contributed by atoms with van der Waals surface area (Å²) in [5.41, 5.74) is 4.96. The van der Waals surface area contributed by atoms with Gasteiger partial charge in [0.25, 0.3) is 0 Å². The minimum absolute atomic E-state index is 0.0313. The van der Waals surface area contributed by atoms with E-state index in [4.69, 9.17) is 4.74 Å². The second-order valence-corrected chi connectivity index (χ2v) is 8.68. The molecule has 0 spiro atoms. The van der Waals surface area contributed by atoms with Gasteiger partial charge in [-0.25, -0.2) is 0 Å². The Balaban J connectivity index is 1.64. The highest BCUT2D eigenvalue weighted by atomic mass is 16.5. The standard InChI is InChI=1S/C24H31N3O3/c1-17-15-30-16-27(17)20-9-10-21(25-14-20)22(11-12-28)26-23(29)13-18-5-7-19(8-6-18)24(2,3)4/h5-10,14-15,22,28H,11-13,16H2,1-4H3,(H,26,29)/t22-/m1/s1. The number of aromatic nitrogens is 1. The normalized spacial score (nSPS) is 14.8. The van der Waals surface area contributed by atoms with Crippen molar-refractivity contribution in [2.24, 2.45) is 0 Å². The van der Waals surface area contributed by atoms with Crippen LogP contribution in [0.4, 0.5) is 5.69 Å². The smallest absolute Gasteiger partial charge is 0.224 e. The molecule has 160 valence electrons. The Hall–Kier alpha value is -2.86. The molecular formula is C24H31N3O3. The molecule has 0 unspecified atom stereocenters. The van der Waals surface area contributed by atoms with Gasteiger partial charge in [-0.05, 0) is 42.0 Å². The number of rotatable bonds is 7. The van der Waals surface area contributed by atoms with Crippen molar-refractivity contribution in [2.45, 2.75) is 52.0 Å². The van der Waals surface area contributed by atoms with E-state index in [0.717, 1.165) is 22.6 Å². The highest BCUT2D eigenvalue weighted by Gasteiger charge is 2.19. The molecule has 6 heteroatoms. The molecule has 1 aromatic heterocycles. The van der Waals surface area contributed by atoms with Gasteiger partial charge in [-0.15, -0.1) is 0 Å². The van der Waals surface area contributed by atoms with Crippen LogP contribution in [0.15, 0.2) is 54.6 Å². The van der Waals surface area contributed by atoms with Gasteiger partial charge in [-0.3, -0.25) is 9.78 Å². The van der Waals surface area contributed by atoms with E-state index in [0.29, 0.717) is 19.6 Å². The van der Waals surface area contributed by atoms with Gasteiger partial charge in [0.15, 0.2) is 6.73 Å². The molecule has 3 rings (SSSR count). The van der Waals surface area contributed by atoms with Crippen LogP contribution in [0.3, 0.4) is 0 Å². The van der Waals surface area contributed by atoms with Gasteiger partial charge in [-0.2, -0.15) is 0 Å².